The molecule has 1 saturated heterocycles. The van der Waals surface area contributed by atoms with Crippen molar-refractivity contribution in [3.05, 3.63) is 82.3 Å². The Labute approximate surface area is 182 Å². The van der Waals surface area contributed by atoms with E-state index in [0.29, 0.717) is 29.6 Å². The summed E-state index contributed by atoms with van der Waals surface area (Å²) in [5.41, 5.74) is 1.40. The van der Waals surface area contributed by atoms with Gasteiger partial charge in [0.25, 0.3) is 11.5 Å². The summed E-state index contributed by atoms with van der Waals surface area (Å²) in [4.78, 5) is 30.2. The first-order chi connectivity index (χ1) is 15.0. The van der Waals surface area contributed by atoms with Crippen molar-refractivity contribution in [3.63, 3.8) is 0 Å². The summed E-state index contributed by atoms with van der Waals surface area (Å²) in [6.07, 6.45) is 4.29. The van der Waals surface area contributed by atoms with Crippen molar-refractivity contribution >= 4 is 22.8 Å². The summed E-state index contributed by atoms with van der Waals surface area (Å²) in [7, 11) is 0. The van der Waals surface area contributed by atoms with Crippen molar-refractivity contribution in [1.29, 1.82) is 0 Å². The van der Waals surface area contributed by atoms with Gasteiger partial charge in [-0.15, -0.1) is 0 Å². The molecule has 0 aliphatic carbocycles. The van der Waals surface area contributed by atoms with Crippen LogP contribution in [-0.2, 0) is 0 Å². The third-order valence-corrected chi connectivity index (χ3v) is 5.65. The zero-order valence-corrected chi connectivity index (χ0v) is 18.1. The zero-order valence-electron chi connectivity index (χ0n) is 18.1. The number of piperazine rings is 1. The van der Waals surface area contributed by atoms with Crippen molar-refractivity contribution < 1.29 is 4.79 Å². The van der Waals surface area contributed by atoms with E-state index in [0.717, 1.165) is 19.6 Å². The monoisotopic (exact) mass is 416 g/mol. The second-order valence-corrected chi connectivity index (χ2v) is 8.14. The van der Waals surface area contributed by atoms with Gasteiger partial charge in [-0.3, -0.25) is 14.5 Å². The van der Waals surface area contributed by atoms with Gasteiger partial charge >= 0.3 is 0 Å². The number of amides is 1. The molecule has 3 aromatic rings. The third kappa shape index (κ3) is 4.59. The minimum atomic E-state index is -0.155. The number of benzene rings is 2. The van der Waals surface area contributed by atoms with Gasteiger partial charge in [0, 0.05) is 38.1 Å². The molecular formula is C25H28N4O2. The van der Waals surface area contributed by atoms with E-state index in [2.05, 4.69) is 34.3 Å². The fourth-order valence-corrected chi connectivity index (χ4v) is 3.90. The number of nitrogens with zero attached hydrogens (tertiary/aromatic N) is 4. The van der Waals surface area contributed by atoms with Gasteiger partial charge in [-0.25, -0.2) is 4.68 Å². The number of aromatic nitrogens is 2. The molecule has 160 valence electrons. The predicted molar refractivity (Wildman–Crippen MR) is 124 cm³/mol. The lowest BCUT2D eigenvalue weighted by molar-refractivity contribution is 0.0643. The Morgan fingerprint density at radius 2 is 1.61 bits per heavy atom. The second-order valence-electron chi connectivity index (χ2n) is 8.14. The van der Waals surface area contributed by atoms with E-state index >= 15 is 0 Å². The van der Waals surface area contributed by atoms with Crippen LogP contribution in [0, 0.1) is 0 Å². The molecule has 0 atom stereocenters. The Kier molecular flexibility index (Phi) is 6.28. The number of fused-ring (bicyclic) bond motifs is 1. The van der Waals surface area contributed by atoms with Crippen LogP contribution < -0.4 is 5.56 Å². The largest absolute Gasteiger partial charge is 0.335 e. The topological polar surface area (TPSA) is 58.4 Å². The first-order valence-corrected chi connectivity index (χ1v) is 10.8. The number of hydrogen-bond acceptors (Lipinski definition) is 4. The van der Waals surface area contributed by atoms with Crippen molar-refractivity contribution in [2.45, 2.75) is 19.9 Å². The van der Waals surface area contributed by atoms with Gasteiger partial charge in [0.15, 0.2) is 5.69 Å². The van der Waals surface area contributed by atoms with E-state index in [1.165, 1.54) is 10.2 Å². The van der Waals surface area contributed by atoms with Gasteiger partial charge < -0.3 is 4.90 Å². The molecule has 6 heteroatoms. The molecule has 1 aliphatic rings. The SMILES string of the molecule is CC(C)n1nc(C(=O)N2CCN(CC=Cc3ccccc3)CC2)c2ccccc2c1=O. The van der Waals surface area contributed by atoms with Crippen molar-refractivity contribution in [2.75, 3.05) is 32.7 Å². The Morgan fingerprint density at radius 1 is 0.968 bits per heavy atom. The highest BCUT2D eigenvalue weighted by atomic mass is 16.2. The summed E-state index contributed by atoms with van der Waals surface area (Å²) in [5, 5.41) is 5.63. The Hall–Kier alpha value is -3.25. The lowest BCUT2D eigenvalue weighted by atomic mass is 10.1. The number of hydrogen-bond donors (Lipinski definition) is 0. The quantitative estimate of drug-likeness (QED) is 0.639. The maximum Gasteiger partial charge on any atom is 0.275 e. The summed E-state index contributed by atoms with van der Waals surface area (Å²) in [6, 6.07) is 17.4. The summed E-state index contributed by atoms with van der Waals surface area (Å²) < 4.78 is 1.42. The molecule has 1 aliphatic heterocycles. The normalized spacial score (nSPS) is 15.3. The molecular weight excluding hydrogens is 388 g/mol. The average Bonchev–Trinajstić information content (AvgIpc) is 2.80. The Bertz CT molecular complexity index is 1140. The first kappa shape index (κ1) is 21.0. The van der Waals surface area contributed by atoms with Crippen LogP contribution >= 0.6 is 0 Å². The van der Waals surface area contributed by atoms with Gasteiger partial charge in [0.2, 0.25) is 0 Å². The van der Waals surface area contributed by atoms with Crippen LogP contribution in [0.5, 0.6) is 0 Å². The van der Waals surface area contributed by atoms with E-state index in [-0.39, 0.29) is 17.5 Å². The highest BCUT2D eigenvalue weighted by Crippen LogP contribution is 2.17. The summed E-state index contributed by atoms with van der Waals surface area (Å²) in [6.45, 7) is 7.58. The van der Waals surface area contributed by atoms with E-state index < -0.39 is 0 Å². The van der Waals surface area contributed by atoms with Crippen molar-refractivity contribution in [2.24, 2.45) is 0 Å². The van der Waals surface area contributed by atoms with E-state index in [1.807, 2.05) is 55.1 Å². The molecule has 0 N–H and O–H groups in total. The summed E-state index contributed by atoms with van der Waals surface area (Å²) >= 11 is 0. The minimum Gasteiger partial charge on any atom is -0.335 e. The first-order valence-electron chi connectivity index (χ1n) is 10.8. The fourth-order valence-electron chi connectivity index (χ4n) is 3.90. The number of rotatable bonds is 5. The molecule has 6 nitrogen and oxygen atoms in total. The molecule has 31 heavy (non-hydrogen) atoms. The molecule has 1 aromatic heterocycles. The van der Waals surface area contributed by atoms with Gasteiger partial charge in [0.1, 0.15) is 0 Å². The van der Waals surface area contributed by atoms with E-state index in [9.17, 15) is 9.59 Å². The molecule has 2 aromatic carbocycles. The standard InChI is InChI=1S/C25H28N4O2/c1-19(2)29-24(30)22-13-7-6-12-21(22)23(26-29)25(31)28-17-15-27(16-18-28)14-8-11-20-9-4-3-5-10-20/h3-13,19H,14-18H2,1-2H3. The number of carbonyl (C=O) groups excluding carboxylic acids is 1. The third-order valence-electron chi connectivity index (χ3n) is 5.65. The lowest BCUT2D eigenvalue weighted by Gasteiger charge is -2.34. The predicted octanol–water partition coefficient (Wildman–Crippen LogP) is 3.45. The molecule has 0 saturated carbocycles. The maximum atomic E-state index is 13.3. The molecule has 2 heterocycles. The Morgan fingerprint density at radius 3 is 2.29 bits per heavy atom. The zero-order chi connectivity index (χ0) is 21.8. The average molecular weight is 417 g/mol. The van der Waals surface area contributed by atoms with Crippen LogP contribution in [0.2, 0.25) is 0 Å². The fraction of sp³-hybridized carbons (Fsp3) is 0.320. The van der Waals surface area contributed by atoms with Crippen LogP contribution in [0.15, 0.2) is 65.5 Å². The second kappa shape index (κ2) is 9.27. The smallest absolute Gasteiger partial charge is 0.275 e. The molecule has 4 rings (SSSR count). The minimum absolute atomic E-state index is 0.106. The molecule has 0 bridgehead atoms. The highest BCUT2D eigenvalue weighted by Gasteiger charge is 2.25. The van der Waals surface area contributed by atoms with Crippen LogP contribution in [0.3, 0.4) is 0 Å². The molecule has 1 fully saturated rings. The maximum absolute atomic E-state index is 13.3. The van der Waals surface area contributed by atoms with E-state index in [1.54, 1.807) is 6.07 Å². The van der Waals surface area contributed by atoms with Gasteiger partial charge in [0.05, 0.1) is 11.4 Å². The van der Waals surface area contributed by atoms with Crippen molar-refractivity contribution in [1.82, 2.24) is 19.6 Å². The highest BCUT2D eigenvalue weighted by molar-refractivity contribution is 6.04. The number of carbonyl (C=O) groups is 1. The molecule has 0 radical (unpaired) electrons. The van der Waals surface area contributed by atoms with E-state index in [4.69, 9.17) is 0 Å². The van der Waals surface area contributed by atoms with Gasteiger partial charge in [-0.05, 0) is 25.5 Å². The van der Waals surface area contributed by atoms with Gasteiger partial charge in [-0.2, -0.15) is 5.10 Å². The van der Waals surface area contributed by atoms with Crippen LogP contribution in [-0.4, -0.2) is 58.2 Å². The molecule has 0 unspecified atom stereocenters. The lowest BCUT2D eigenvalue weighted by Crippen LogP contribution is -2.49. The van der Waals surface area contributed by atoms with Crippen molar-refractivity contribution in [3.8, 4) is 0 Å². The van der Waals surface area contributed by atoms with Crippen LogP contribution in [0.25, 0.3) is 16.8 Å². The summed E-state index contributed by atoms with van der Waals surface area (Å²) in [5.74, 6) is -0.106. The van der Waals surface area contributed by atoms with Gasteiger partial charge in [-0.1, -0.05) is 60.7 Å². The van der Waals surface area contributed by atoms with Crippen LogP contribution in [0.1, 0.15) is 35.9 Å². The Balaban J connectivity index is 1.46. The molecule has 0 spiro atoms. The van der Waals surface area contributed by atoms with Crippen LogP contribution in [0.4, 0.5) is 0 Å². The molecule has 1 amide bonds.